The number of nitrogens with zero attached hydrogens (tertiary/aromatic N) is 5. The van der Waals surface area contributed by atoms with Crippen LogP contribution in [0, 0.1) is 12.9 Å². The van der Waals surface area contributed by atoms with Gasteiger partial charge in [-0.15, -0.1) is 11.3 Å². The van der Waals surface area contributed by atoms with Gasteiger partial charge in [0.05, 0.1) is 12.3 Å². The molecule has 0 atom stereocenters. The molecular weight excluding hydrogens is 401 g/mol. The summed E-state index contributed by atoms with van der Waals surface area (Å²) in [5, 5.41) is 5.39. The zero-order chi connectivity index (χ0) is 20.8. The molecule has 1 aromatic carbocycles. The van der Waals surface area contributed by atoms with Crippen LogP contribution in [-0.4, -0.2) is 31.3 Å². The van der Waals surface area contributed by atoms with Crippen LogP contribution in [0.1, 0.15) is 30.6 Å². The fourth-order valence-corrected chi connectivity index (χ4v) is 4.62. The van der Waals surface area contributed by atoms with E-state index in [2.05, 4.69) is 28.9 Å². The highest BCUT2D eigenvalue weighted by Crippen LogP contribution is 2.41. The van der Waals surface area contributed by atoms with Gasteiger partial charge in [-0.05, 0) is 50.6 Å². The number of aryl methyl sites for hydroxylation is 1. The van der Waals surface area contributed by atoms with Crippen LogP contribution in [0.5, 0.6) is 5.75 Å². The van der Waals surface area contributed by atoms with Crippen molar-refractivity contribution in [3.8, 4) is 39.0 Å². The number of hydrogen-bond donors (Lipinski definition) is 0. The molecule has 152 valence electrons. The monoisotopic (exact) mass is 421 g/mol. The minimum atomic E-state index is -0.492. The van der Waals surface area contributed by atoms with Crippen molar-refractivity contribution in [2.45, 2.75) is 33.2 Å². The van der Waals surface area contributed by atoms with Gasteiger partial charge in [0.15, 0.2) is 10.8 Å². The van der Waals surface area contributed by atoms with Crippen molar-refractivity contribution in [2.75, 3.05) is 6.61 Å². The van der Waals surface area contributed by atoms with Crippen LogP contribution in [0.3, 0.4) is 0 Å². The van der Waals surface area contributed by atoms with Crippen LogP contribution in [0.4, 0.5) is 4.39 Å². The van der Waals surface area contributed by atoms with Gasteiger partial charge in [0.25, 0.3) is 0 Å². The van der Waals surface area contributed by atoms with Gasteiger partial charge in [0.1, 0.15) is 11.6 Å². The molecule has 4 heterocycles. The van der Waals surface area contributed by atoms with Crippen molar-refractivity contribution in [2.24, 2.45) is 0 Å². The first-order valence-corrected chi connectivity index (χ1v) is 10.6. The van der Waals surface area contributed by atoms with Crippen LogP contribution in [0.2, 0.25) is 0 Å². The number of fused-ring (bicyclic) bond motifs is 3. The van der Waals surface area contributed by atoms with E-state index in [-0.39, 0.29) is 6.04 Å². The third-order valence-corrected chi connectivity index (χ3v) is 6.11. The first-order valence-electron chi connectivity index (χ1n) is 9.82. The third kappa shape index (κ3) is 3.27. The number of hydrogen-bond acceptors (Lipinski definition) is 6. The second-order valence-corrected chi connectivity index (χ2v) is 8.57. The quantitative estimate of drug-likeness (QED) is 0.431. The van der Waals surface area contributed by atoms with E-state index in [1.165, 1.54) is 17.1 Å². The second kappa shape index (κ2) is 7.28. The van der Waals surface area contributed by atoms with Gasteiger partial charge in [0, 0.05) is 34.7 Å². The van der Waals surface area contributed by atoms with Crippen LogP contribution in [0.25, 0.3) is 33.2 Å². The van der Waals surface area contributed by atoms with Crippen molar-refractivity contribution in [1.82, 2.24) is 24.7 Å². The first kappa shape index (κ1) is 18.9. The Bertz CT molecular complexity index is 1230. The van der Waals surface area contributed by atoms with Crippen molar-refractivity contribution in [1.29, 1.82) is 0 Å². The molecule has 0 saturated heterocycles. The van der Waals surface area contributed by atoms with E-state index in [0.717, 1.165) is 51.2 Å². The molecule has 0 saturated carbocycles. The highest BCUT2D eigenvalue weighted by Gasteiger charge is 2.24. The largest absolute Gasteiger partial charge is 0.492 e. The van der Waals surface area contributed by atoms with Crippen molar-refractivity contribution in [3.63, 3.8) is 0 Å². The van der Waals surface area contributed by atoms with Crippen LogP contribution >= 0.6 is 11.3 Å². The third-order valence-electron chi connectivity index (χ3n) is 5.00. The maximum absolute atomic E-state index is 13.2. The van der Waals surface area contributed by atoms with Crippen LogP contribution in [0.15, 0.2) is 36.5 Å². The summed E-state index contributed by atoms with van der Waals surface area (Å²) in [6, 6.07) is 9.26. The highest BCUT2D eigenvalue weighted by atomic mass is 32.1. The number of thiazole rings is 1. The fraction of sp³-hybridized carbons (Fsp3) is 0.273. The van der Waals surface area contributed by atoms with Crippen LogP contribution < -0.4 is 4.74 Å². The van der Waals surface area contributed by atoms with E-state index in [9.17, 15) is 4.39 Å². The van der Waals surface area contributed by atoms with Crippen molar-refractivity contribution < 1.29 is 9.13 Å². The molecule has 30 heavy (non-hydrogen) atoms. The number of ether oxygens (including phenoxy) is 1. The Morgan fingerprint density at radius 1 is 1.13 bits per heavy atom. The number of benzene rings is 1. The summed E-state index contributed by atoms with van der Waals surface area (Å²) < 4.78 is 21.1. The van der Waals surface area contributed by atoms with E-state index >= 15 is 0 Å². The molecule has 4 aromatic rings. The molecule has 6 nitrogen and oxygen atoms in total. The fourth-order valence-electron chi connectivity index (χ4n) is 3.58. The van der Waals surface area contributed by atoms with Gasteiger partial charge in [-0.25, -0.2) is 19.6 Å². The SMILES string of the molecule is Cc1nc(-c2nc3c(s2)CCOc2cc(-c4ccc(F)nc4)ccc2-3)n(C(C)C)n1. The molecular formula is C22H20FN5OS. The Morgan fingerprint density at radius 3 is 2.73 bits per heavy atom. The standard InChI is InChI=1S/C22H20FN5OS/c1-12(2)28-21(25-13(3)27-28)22-26-20-16-6-4-14(15-5-7-19(23)24-11-15)10-17(16)29-9-8-18(20)30-22/h4-7,10-12H,8-9H2,1-3H3. The van der Waals surface area contributed by atoms with Gasteiger partial charge < -0.3 is 4.74 Å². The Morgan fingerprint density at radius 2 is 1.97 bits per heavy atom. The highest BCUT2D eigenvalue weighted by molar-refractivity contribution is 7.15. The lowest BCUT2D eigenvalue weighted by atomic mass is 10.0. The van der Waals surface area contributed by atoms with Gasteiger partial charge in [-0.1, -0.05) is 6.07 Å². The molecule has 0 unspecified atom stereocenters. The molecule has 0 aliphatic carbocycles. The lowest BCUT2D eigenvalue weighted by Crippen LogP contribution is -2.05. The Hall–Kier alpha value is -3.13. The van der Waals surface area contributed by atoms with Crippen molar-refractivity contribution >= 4 is 11.3 Å². The number of rotatable bonds is 3. The van der Waals surface area contributed by atoms with E-state index in [1.807, 2.05) is 29.8 Å². The van der Waals surface area contributed by atoms with E-state index in [1.54, 1.807) is 17.4 Å². The molecule has 1 aliphatic rings. The zero-order valence-corrected chi connectivity index (χ0v) is 17.7. The number of halogens is 1. The molecule has 1 aliphatic heterocycles. The molecule has 0 N–H and O–H groups in total. The summed E-state index contributed by atoms with van der Waals surface area (Å²) in [4.78, 5) is 14.5. The van der Waals surface area contributed by atoms with Crippen LogP contribution in [-0.2, 0) is 6.42 Å². The molecule has 0 amide bonds. The van der Waals surface area contributed by atoms with E-state index < -0.39 is 5.95 Å². The summed E-state index contributed by atoms with van der Waals surface area (Å²) in [6.07, 6.45) is 2.31. The minimum Gasteiger partial charge on any atom is -0.492 e. The van der Waals surface area contributed by atoms with Gasteiger partial charge in [0.2, 0.25) is 5.95 Å². The first-order chi connectivity index (χ1) is 14.5. The average molecular weight is 422 g/mol. The number of pyridine rings is 1. The minimum absolute atomic E-state index is 0.201. The average Bonchev–Trinajstić information content (AvgIpc) is 3.28. The molecule has 5 rings (SSSR count). The maximum atomic E-state index is 13.2. The summed E-state index contributed by atoms with van der Waals surface area (Å²) in [7, 11) is 0. The summed E-state index contributed by atoms with van der Waals surface area (Å²) in [5.74, 6) is 1.82. The molecule has 0 bridgehead atoms. The molecule has 0 radical (unpaired) electrons. The second-order valence-electron chi connectivity index (χ2n) is 7.49. The Balaban J connectivity index is 1.58. The maximum Gasteiger partial charge on any atom is 0.212 e. The molecule has 8 heteroatoms. The van der Waals surface area contributed by atoms with E-state index in [4.69, 9.17) is 9.72 Å². The van der Waals surface area contributed by atoms with Gasteiger partial charge in [-0.2, -0.15) is 9.49 Å². The Labute approximate surface area is 177 Å². The summed E-state index contributed by atoms with van der Waals surface area (Å²) in [5.41, 5.74) is 3.65. The smallest absolute Gasteiger partial charge is 0.212 e. The zero-order valence-electron chi connectivity index (χ0n) is 16.9. The molecule has 0 spiro atoms. The van der Waals surface area contributed by atoms with Gasteiger partial charge >= 0.3 is 0 Å². The van der Waals surface area contributed by atoms with Gasteiger partial charge in [-0.3, -0.25) is 0 Å². The molecule has 3 aromatic heterocycles. The summed E-state index contributed by atoms with van der Waals surface area (Å²) >= 11 is 1.65. The number of aromatic nitrogens is 5. The predicted octanol–water partition coefficient (Wildman–Crippen LogP) is 5.09. The predicted molar refractivity (Wildman–Crippen MR) is 114 cm³/mol. The summed E-state index contributed by atoms with van der Waals surface area (Å²) in [6.45, 7) is 6.65. The normalized spacial score (nSPS) is 13.0. The van der Waals surface area contributed by atoms with Crippen molar-refractivity contribution in [3.05, 3.63) is 53.2 Å². The van der Waals surface area contributed by atoms with E-state index in [0.29, 0.717) is 6.61 Å². The molecule has 0 fully saturated rings. The lowest BCUT2D eigenvalue weighted by molar-refractivity contribution is 0.327. The lowest BCUT2D eigenvalue weighted by Gasteiger charge is -2.10. The topological polar surface area (TPSA) is 65.7 Å². The Kier molecular flexibility index (Phi) is 4.58.